The third-order valence-electron chi connectivity index (χ3n) is 2.25. The topological polar surface area (TPSA) is 12.0 Å². The van der Waals surface area contributed by atoms with E-state index in [-0.39, 0.29) is 0 Å². The Morgan fingerprint density at radius 1 is 1.55 bits per heavy atom. The SMILES string of the molecule is CCC(CSC)NCC1CC1. The zero-order valence-corrected chi connectivity index (χ0v) is 8.41. The monoisotopic (exact) mass is 173 g/mol. The first-order valence-corrected chi connectivity index (χ1v) is 5.98. The molecule has 0 bridgehead atoms. The van der Waals surface area contributed by atoms with Crippen LogP contribution >= 0.6 is 11.8 Å². The number of nitrogens with one attached hydrogen (secondary N) is 1. The maximum atomic E-state index is 3.61. The molecule has 0 radical (unpaired) electrons. The molecule has 1 rings (SSSR count). The molecule has 0 spiro atoms. The molecule has 2 heteroatoms. The number of thioether (sulfide) groups is 1. The van der Waals surface area contributed by atoms with Crippen LogP contribution in [0.15, 0.2) is 0 Å². The zero-order valence-electron chi connectivity index (χ0n) is 7.60. The summed E-state index contributed by atoms with van der Waals surface area (Å²) in [6.45, 7) is 3.53. The van der Waals surface area contributed by atoms with Crippen molar-refractivity contribution in [1.29, 1.82) is 0 Å². The largest absolute Gasteiger partial charge is 0.313 e. The number of hydrogen-bond donors (Lipinski definition) is 1. The predicted octanol–water partition coefficient (Wildman–Crippen LogP) is 2.13. The van der Waals surface area contributed by atoms with Gasteiger partial charge in [-0.3, -0.25) is 0 Å². The molecule has 0 amide bonds. The van der Waals surface area contributed by atoms with Gasteiger partial charge in [0.1, 0.15) is 0 Å². The predicted molar refractivity (Wildman–Crippen MR) is 53.2 cm³/mol. The lowest BCUT2D eigenvalue weighted by molar-refractivity contribution is 0.522. The molecule has 1 fully saturated rings. The summed E-state index contributed by atoms with van der Waals surface area (Å²) >= 11 is 1.94. The Kier molecular flexibility index (Phi) is 4.31. The molecule has 0 aromatic rings. The van der Waals surface area contributed by atoms with Gasteiger partial charge >= 0.3 is 0 Å². The van der Waals surface area contributed by atoms with Crippen molar-refractivity contribution >= 4 is 11.8 Å². The third kappa shape index (κ3) is 4.02. The average Bonchev–Trinajstić information content (AvgIpc) is 2.81. The summed E-state index contributed by atoms with van der Waals surface area (Å²) < 4.78 is 0. The second-order valence-electron chi connectivity index (χ2n) is 3.41. The highest BCUT2D eigenvalue weighted by Crippen LogP contribution is 2.27. The van der Waals surface area contributed by atoms with Gasteiger partial charge < -0.3 is 5.32 Å². The van der Waals surface area contributed by atoms with E-state index in [1.165, 1.54) is 31.6 Å². The molecule has 1 aliphatic rings. The van der Waals surface area contributed by atoms with Gasteiger partial charge in [-0.05, 0) is 38.0 Å². The van der Waals surface area contributed by atoms with Crippen LogP contribution in [0.2, 0.25) is 0 Å². The second kappa shape index (κ2) is 5.04. The van der Waals surface area contributed by atoms with Gasteiger partial charge in [-0.1, -0.05) is 6.92 Å². The van der Waals surface area contributed by atoms with Crippen LogP contribution in [0.3, 0.4) is 0 Å². The molecule has 1 unspecified atom stereocenters. The highest BCUT2D eigenvalue weighted by molar-refractivity contribution is 7.98. The van der Waals surface area contributed by atoms with Crippen molar-refractivity contribution in [1.82, 2.24) is 5.32 Å². The van der Waals surface area contributed by atoms with Gasteiger partial charge in [0.05, 0.1) is 0 Å². The molecule has 1 N–H and O–H groups in total. The number of hydrogen-bond acceptors (Lipinski definition) is 2. The maximum Gasteiger partial charge on any atom is 0.0155 e. The molecule has 11 heavy (non-hydrogen) atoms. The summed E-state index contributed by atoms with van der Waals surface area (Å²) in [5.74, 6) is 2.29. The van der Waals surface area contributed by atoms with Crippen LogP contribution in [0.25, 0.3) is 0 Å². The van der Waals surface area contributed by atoms with Crippen molar-refractivity contribution < 1.29 is 0 Å². The van der Waals surface area contributed by atoms with Crippen LogP contribution in [-0.2, 0) is 0 Å². The molecule has 1 atom stereocenters. The van der Waals surface area contributed by atoms with Gasteiger partial charge in [0, 0.05) is 11.8 Å². The van der Waals surface area contributed by atoms with E-state index in [2.05, 4.69) is 18.5 Å². The summed E-state index contributed by atoms with van der Waals surface area (Å²) in [6, 6.07) is 0.755. The van der Waals surface area contributed by atoms with Crippen molar-refractivity contribution in [2.45, 2.75) is 32.2 Å². The maximum absolute atomic E-state index is 3.61. The molecular formula is C9H19NS. The van der Waals surface area contributed by atoms with Crippen molar-refractivity contribution in [3.63, 3.8) is 0 Å². The quantitative estimate of drug-likeness (QED) is 0.660. The molecule has 0 aromatic heterocycles. The lowest BCUT2D eigenvalue weighted by Gasteiger charge is -2.14. The van der Waals surface area contributed by atoms with Crippen LogP contribution in [0, 0.1) is 5.92 Å². The highest BCUT2D eigenvalue weighted by Gasteiger charge is 2.21. The summed E-state index contributed by atoms with van der Waals surface area (Å²) in [4.78, 5) is 0. The highest BCUT2D eigenvalue weighted by atomic mass is 32.2. The molecule has 0 aromatic carbocycles. The van der Waals surface area contributed by atoms with Gasteiger partial charge in [0.15, 0.2) is 0 Å². The second-order valence-corrected chi connectivity index (χ2v) is 4.32. The van der Waals surface area contributed by atoms with E-state index in [4.69, 9.17) is 0 Å². The molecule has 0 saturated heterocycles. The molecule has 0 heterocycles. The molecular weight excluding hydrogens is 154 g/mol. The van der Waals surface area contributed by atoms with E-state index in [1.54, 1.807) is 0 Å². The van der Waals surface area contributed by atoms with E-state index >= 15 is 0 Å². The van der Waals surface area contributed by atoms with E-state index in [9.17, 15) is 0 Å². The van der Waals surface area contributed by atoms with E-state index in [0.29, 0.717) is 0 Å². The first-order valence-electron chi connectivity index (χ1n) is 4.59. The van der Waals surface area contributed by atoms with Crippen molar-refractivity contribution in [3.8, 4) is 0 Å². The van der Waals surface area contributed by atoms with Gasteiger partial charge in [-0.25, -0.2) is 0 Å². The Morgan fingerprint density at radius 3 is 2.73 bits per heavy atom. The molecule has 0 aliphatic heterocycles. The normalized spacial score (nSPS) is 20.2. The molecule has 1 aliphatic carbocycles. The Hall–Kier alpha value is 0.310. The zero-order chi connectivity index (χ0) is 8.10. The smallest absolute Gasteiger partial charge is 0.0155 e. The fraction of sp³-hybridized carbons (Fsp3) is 1.00. The number of rotatable bonds is 6. The first kappa shape index (κ1) is 9.40. The Bertz CT molecular complexity index is 102. The van der Waals surface area contributed by atoms with Crippen LogP contribution in [0.5, 0.6) is 0 Å². The van der Waals surface area contributed by atoms with Crippen molar-refractivity contribution in [2.24, 2.45) is 5.92 Å². The van der Waals surface area contributed by atoms with Crippen LogP contribution in [0.4, 0.5) is 0 Å². The molecule has 1 saturated carbocycles. The Labute approximate surface area is 74.3 Å². The summed E-state index contributed by atoms with van der Waals surface area (Å²) in [7, 11) is 0. The average molecular weight is 173 g/mol. The van der Waals surface area contributed by atoms with Gasteiger partial charge in [-0.15, -0.1) is 0 Å². The van der Waals surface area contributed by atoms with Crippen LogP contribution < -0.4 is 5.32 Å². The van der Waals surface area contributed by atoms with Gasteiger partial charge in [0.25, 0.3) is 0 Å². The fourth-order valence-corrected chi connectivity index (χ4v) is 1.93. The van der Waals surface area contributed by atoms with Crippen molar-refractivity contribution in [2.75, 3.05) is 18.6 Å². The third-order valence-corrected chi connectivity index (χ3v) is 2.99. The minimum atomic E-state index is 0.755. The lowest BCUT2D eigenvalue weighted by atomic mass is 10.2. The molecule has 66 valence electrons. The standard InChI is InChI=1S/C9H19NS/c1-3-9(7-11-2)10-6-8-4-5-8/h8-10H,3-7H2,1-2H3. The van der Waals surface area contributed by atoms with Crippen molar-refractivity contribution in [3.05, 3.63) is 0 Å². The Morgan fingerprint density at radius 2 is 2.27 bits per heavy atom. The molecule has 1 nitrogen and oxygen atoms in total. The van der Waals surface area contributed by atoms with Crippen LogP contribution in [0.1, 0.15) is 26.2 Å². The minimum Gasteiger partial charge on any atom is -0.313 e. The summed E-state index contributed by atoms with van der Waals surface area (Å²) in [5.41, 5.74) is 0. The van der Waals surface area contributed by atoms with Gasteiger partial charge in [0.2, 0.25) is 0 Å². The first-order chi connectivity index (χ1) is 5.36. The van der Waals surface area contributed by atoms with E-state index in [0.717, 1.165) is 12.0 Å². The summed E-state index contributed by atoms with van der Waals surface area (Å²) in [6.07, 6.45) is 6.38. The van der Waals surface area contributed by atoms with E-state index in [1.807, 2.05) is 11.8 Å². The fourth-order valence-electron chi connectivity index (χ4n) is 1.18. The van der Waals surface area contributed by atoms with Crippen LogP contribution in [-0.4, -0.2) is 24.6 Å². The lowest BCUT2D eigenvalue weighted by Crippen LogP contribution is -2.32. The Balaban J connectivity index is 1.98. The summed E-state index contributed by atoms with van der Waals surface area (Å²) in [5, 5.41) is 3.61. The van der Waals surface area contributed by atoms with Gasteiger partial charge in [-0.2, -0.15) is 11.8 Å². The van der Waals surface area contributed by atoms with E-state index < -0.39 is 0 Å². The minimum absolute atomic E-state index is 0.755.